The summed E-state index contributed by atoms with van der Waals surface area (Å²) < 4.78 is 15.0. The normalized spacial score (nSPS) is 15.6. The number of nitrogens with zero attached hydrogens (tertiary/aromatic N) is 4. The molecule has 0 spiro atoms. The molecule has 0 amide bonds. The zero-order valence-corrected chi connectivity index (χ0v) is 18.9. The molecule has 0 bridgehead atoms. The number of rotatable bonds is 5. The summed E-state index contributed by atoms with van der Waals surface area (Å²) in [7, 11) is 0. The second kappa shape index (κ2) is 9.26. The molecule has 1 atom stereocenters. The van der Waals surface area contributed by atoms with Crippen LogP contribution in [0.3, 0.4) is 0 Å². The quantitative estimate of drug-likeness (QED) is 0.357. The highest BCUT2D eigenvalue weighted by Gasteiger charge is 2.35. The third-order valence-electron chi connectivity index (χ3n) is 6.04. The van der Waals surface area contributed by atoms with E-state index < -0.39 is 5.82 Å². The minimum atomic E-state index is -0.417. The average Bonchev–Trinajstić information content (AvgIpc) is 3.26. The second-order valence-corrected chi connectivity index (χ2v) is 8.46. The van der Waals surface area contributed by atoms with Crippen molar-refractivity contribution in [2.75, 3.05) is 18.1 Å². The molecule has 1 aliphatic rings. The first-order chi connectivity index (χ1) is 16.6. The van der Waals surface area contributed by atoms with E-state index in [1.807, 2.05) is 41.3 Å². The smallest absolute Gasteiger partial charge is 0.322 e. The maximum atomic E-state index is 15.0. The van der Waals surface area contributed by atoms with Gasteiger partial charge in [-0.05, 0) is 47.7 Å². The summed E-state index contributed by atoms with van der Waals surface area (Å²) in [6, 6.07) is 12.7. The number of aliphatic hydroxyl groups is 1. The Morgan fingerprint density at radius 1 is 1.24 bits per heavy atom. The Morgan fingerprint density at radius 2 is 2.06 bits per heavy atom. The van der Waals surface area contributed by atoms with Gasteiger partial charge < -0.3 is 19.8 Å². The van der Waals surface area contributed by atoms with Crippen molar-refractivity contribution < 1.29 is 9.50 Å². The van der Waals surface area contributed by atoms with Crippen molar-refractivity contribution in [2.45, 2.75) is 18.9 Å². The number of nitrogens with one attached hydrogen (secondary N) is 1. The van der Waals surface area contributed by atoms with E-state index in [1.165, 1.54) is 0 Å². The number of fused-ring (bicyclic) bond motifs is 3. The molecule has 2 N–H and O–H groups in total. The Kier molecular flexibility index (Phi) is 6.01. The van der Waals surface area contributed by atoms with Crippen LogP contribution in [0.2, 0.25) is 5.02 Å². The van der Waals surface area contributed by atoms with E-state index in [0.29, 0.717) is 36.2 Å². The molecule has 1 unspecified atom stereocenters. The van der Waals surface area contributed by atoms with Crippen molar-refractivity contribution in [3.8, 4) is 0 Å². The molecule has 2 aromatic carbocycles. The third-order valence-corrected chi connectivity index (χ3v) is 6.33. The number of aromatic amines is 1. The molecular formula is C26H21ClFN5O. The summed E-state index contributed by atoms with van der Waals surface area (Å²) >= 11 is 6.10. The van der Waals surface area contributed by atoms with E-state index in [2.05, 4.69) is 19.8 Å². The number of hydrogen-bond donors (Lipinski definition) is 2. The lowest BCUT2D eigenvalue weighted by molar-refractivity contribution is 0.303. The molecule has 170 valence electrons. The van der Waals surface area contributed by atoms with Gasteiger partial charge >= 0.3 is 5.95 Å². The molecule has 2 aromatic heterocycles. The van der Waals surface area contributed by atoms with Crippen LogP contribution in [0.5, 0.6) is 0 Å². The summed E-state index contributed by atoms with van der Waals surface area (Å²) in [6.07, 6.45) is 6.65. The van der Waals surface area contributed by atoms with Crippen LogP contribution in [-0.2, 0) is 6.42 Å². The fraction of sp³-hybridized carbons (Fsp3) is 0.192. The van der Waals surface area contributed by atoms with Crippen LogP contribution >= 0.6 is 11.6 Å². The molecule has 0 saturated carbocycles. The number of anilines is 1. The van der Waals surface area contributed by atoms with Crippen LogP contribution in [0.25, 0.3) is 21.8 Å². The van der Waals surface area contributed by atoms with E-state index >= 15 is 4.39 Å². The summed E-state index contributed by atoms with van der Waals surface area (Å²) in [5.74, 6) is 0.307. The van der Waals surface area contributed by atoms with Gasteiger partial charge in [-0.25, -0.2) is 9.37 Å². The topological polar surface area (TPSA) is 69.4 Å². The molecule has 3 heterocycles. The number of H-pyrrole nitrogens is 1. The van der Waals surface area contributed by atoms with Gasteiger partial charge in [0.1, 0.15) is 0 Å². The fourth-order valence-corrected chi connectivity index (χ4v) is 4.66. The zero-order valence-electron chi connectivity index (χ0n) is 18.2. The molecule has 0 aliphatic carbocycles. The van der Waals surface area contributed by atoms with Crippen LogP contribution in [0, 0.1) is 12.4 Å². The van der Waals surface area contributed by atoms with E-state index in [1.54, 1.807) is 24.4 Å². The SMILES string of the molecule is [C-]#[N+]c1ccnc(N2CCc3c([nH]c4ccc(Cl)c(F)c34)C2c2ccc(/C=C/CCO)cc2)n1. The predicted octanol–water partition coefficient (Wildman–Crippen LogP) is 5.85. The lowest BCUT2D eigenvalue weighted by Crippen LogP contribution is -2.37. The highest BCUT2D eigenvalue weighted by molar-refractivity contribution is 6.31. The van der Waals surface area contributed by atoms with Crippen molar-refractivity contribution in [1.82, 2.24) is 15.0 Å². The van der Waals surface area contributed by atoms with Gasteiger partial charge in [0.25, 0.3) is 5.82 Å². The number of benzene rings is 2. The van der Waals surface area contributed by atoms with Gasteiger partial charge in [-0.15, -0.1) is 0 Å². The Labute approximate surface area is 201 Å². The highest BCUT2D eigenvalue weighted by atomic mass is 35.5. The number of aromatic nitrogens is 3. The minimum absolute atomic E-state index is 0.0976. The van der Waals surface area contributed by atoms with Crippen LogP contribution in [0.4, 0.5) is 16.2 Å². The van der Waals surface area contributed by atoms with Crippen molar-refractivity contribution in [1.29, 1.82) is 0 Å². The molecule has 6 nitrogen and oxygen atoms in total. The number of aliphatic hydroxyl groups excluding tert-OH is 1. The van der Waals surface area contributed by atoms with E-state index in [4.69, 9.17) is 23.3 Å². The van der Waals surface area contributed by atoms with Gasteiger partial charge in [-0.2, -0.15) is 0 Å². The van der Waals surface area contributed by atoms with Crippen LogP contribution in [0.1, 0.15) is 34.8 Å². The summed E-state index contributed by atoms with van der Waals surface area (Å²) in [4.78, 5) is 17.8. The third kappa shape index (κ3) is 3.92. The monoisotopic (exact) mass is 473 g/mol. The molecule has 8 heteroatoms. The summed E-state index contributed by atoms with van der Waals surface area (Å²) in [6.45, 7) is 7.99. The first-order valence-electron chi connectivity index (χ1n) is 10.9. The summed E-state index contributed by atoms with van der Waals surface area (Å²) in [5, 5.41) is 9.61. The number of hydrogen-bond acceptors (Lipinski definition) is 4. The maximum Gasteiger partial charge on any atom is 0.322 e. The second-order valence-electron chi connectivity index (χ2n) is 8.06. The maximum absolute atomic E-state index is 15.0. The Balaban J connectivity index is 1.65. The van der Waals surface area contributed by atoms with Crippen LogP contribution < -0.4 is 4.90 Å². The average molecular weight is 474 g/mol. The standard InChI is InChI=1S/C26H21ClFN5O/c1-29-21-11-13-30-26(32-21)33-14-12-18-22-20(10-9-19(27)23(22)28)31-24(18)25(33)17-7-5-16(6-8-17)4-2-3-15-34/h2,4-11,13,25,31,34H,3,12,14-15H2/b4-2+. The fourth-order valence-electron chi connectivity index (χ4n) is 4.50. The Bertz CT molecular complexity index is 1420. The molecule has 1 aliphatic heterocycles. The predicted molar refractivity (Wildman–Crippen MR) is 132 cm³/mol. The highest BCUT2D eigenvalue weighted by Crippen LogP contribution is 2.41. The van der Waals surface area contributed by atoms with Crippen molar-refractivity contribution in [3.05, 3.63) is 99.4 Å². The minimum Gasteiger partial charge on any atom is -0.396 e. The molecule has 0 saturated heterocycles. The lowest BCUT2D eigenvalue weighted by atomic mass is 9.92. The van der Waals surface area contributed by atoms with Gasteiger partial charge in [0.2, 0.25) is 0 Å². The van der Waals surface area contributed by atoms with E-state index in [9.17, 15) is 0 Å². The van der Waals surface area contributed by atoms with E-state index in [0.717, 1.165) is 22.4 Å². The van der Waals surface area contributed by atoms with Crippen molar-refractivity contribution in [2.24, 2.45) is 0 Å². The van der Waals surface area contributed by atoms with E-state index in [-0.39, 0.29) is 23.5 Å². The van der Waals surface area contributed by atoms with Gasteiger partial charge in [0.15, 0.2) is 5.82 Å². The molecular weight excluding hydrogens is 453 g/mol. The Hall–Kier alpha value is -3.73. The summed E-state index contributed by atoms with van der Waals surface area (Å²) in [5.41, 5.74) is 4.45. The molecule has 0 radical (unpaired) electrons. The number of halogens is 2. The molecule has 0 fully saturated rings. The Morgan fingerprint density at radius 3 is 2.82 bits per heavy atom. The van der Waals surface area contributed by atoms with Crippen molar-refractivity contribution in [3.63, 3.8) is 0 Å². The van der Waals surface area contributed by atoms with Gasteiger partial charge in [-0.3, -0.25) is 0 Å². The largest absolute Gasteiger partial charge is 0.396 e. The zero-order chi connectivity index (χ0) is 23.7. The van der Waals surface area contributed by atoms with Gasteiger partial charge in [-0.1, -0.05) is 59.6 Å². The molecule has 4 aromatic rings. The first-order valence-corrected chi connectivity index (χ1v) is 11.3. The first kappa shape index (κ1) is 22.1. The van der Waals surface area contributed by atoms with Crippen LogP contribution in [-0.4, -0.2) is 33.2 Å². The lowest BCUT2D eigenvalue weighted by Gasteiger charge is -2.34. The molecule has 34 heavy (non-hydrogen) atoms. The van der Waals surface area contributed by atoms with Gasteiger partial charge in [0, 0.05) is 35.9 Å². The molecule has 5 rings (SSSR count). The van der Waals surface area contributed by atoms with Crippen LogP contribution in [0.15, 0.2) is 54.7 Å². The van der Waals surface area contributed by atoms with Gasteiger partial charge in [0.05, 0.1) is 11.1 Å². The van der Waals surface area contributed by atoms with Crippen molar-refractivity contribution >= 4 is 40.3 Å².